The molecule has 0 aromatic rings. The summed E-state index contributed by atoms with van der Waals surface area (Å²) in [4.78, 5) is 13.7. The van der Waals surface area contributed by atoms with Crippen molar-refractivity contribution in [2.45, 2.75) is 63.9 Å². The molecule has 0 bridgehead atoms. The topological polar surface area (TPSA) is 40.5 Å². The predicted octanol–water partition coefficient (Wildman–Crippen LogP) is 2.58. The van der Waals surface area contributed by atoms with E-state index in [1.54, 1.807) is 4.90 Å². The van der Waals surface area contributed by atoms with Crippen LogP contribution in [0.15, 0.2) is 0 Å². The van der Waals surface area contributed by atoms with Crippen molar-refractivity contribution in [1.29, 1.82) is 0 Å². The number of carbonyl (C=O) groups is 1. The van der Waals surface area contributed by atoms with E-state index in [1.807, 2.05) is 7.05 Å². The van der Waals surface area contributed by atoms with Crippen LogP contribution in [0.3, 0.4) is 0 Å². The summed E-state index contributed by atoms with van der Waals surface area (Å²) < 4.78 is 0. The lowest BCUT2D eigenvalue weighted by Gasteiger charge is -2.24. The Labute approximate surface area is 111 Å². The Morgan fingerprint density at radius 2 is 1.89 bits per heavy atom. The molecule has 0 aliphatic heterocycles. The lowest BCUT2D eigenvalue weighted by molar-refractivity contribution is -0.131. The first-order valence-corrected chi connectivity index (χ1v) is 7.59. The van der Waals surface area contributed by atoms with E-state index in [1.165, 1.54) is 32.1 Å². The summed E-state index contributed by atoms with van der Waals surface area (Å²) in [7, 11) is 1.83. The van der Waals surface area contributed by atoms with Gasteiger partial charge in [-0.3, -0.25) is 4.79 Å². The lowest BCUT2D eigenvalue weighted by atomic mass is 9.86. The van der Waals surface area contributed by atoms with E-state index in [-0.39, 0.29) is 12.0 Å². The molecule has 0 radical (unpaired) electrons. The summed E-state index contributed by atoms with van der Waals surface area (Å²) in [6.07, 6.45) is 10.3. The average Bonchev–Trinajstić information content (AvgIpc) is 3.21. The number of amides is 1. The average molecular weight is 253 g/mol. The van der Waals surface area contributed by atoms with E-state index in [0.29, 0.717) is 18.9 Å². The predicted molar refractivity (Wildman–Crippen MR) is 72.2 cm³/mol. The number of likely N-dealkylation sites (N-methyl/N-ethyl adjacent to an activating group) is 1. The van der Waals surface area contributed by atoms with Crippen LogP contribution in [-0.2, 0) is 4.79 Å². The van der Waals surface area contributed by atoms with Gasteiger partial charge in [0, 0.05) is 20.0 Å². The Hall–Kier alpha value is -0.570. The van der Waals surface area contributed by atoms with Crippen molar-refractivity contribution in [3.8, 4) is 0 Å². The Morgan fingerprint density at radius 3 is 2.50 bits per heavy atom. The molecule has 1 unspecified atom stereocenters. The van der Waals surface area contributed by atoms with E-state index in [4.69, 9.17) is 0 Å². The molecule has 2 aliphatic rings. The molecule has 0 aromatic heterocycles. The first-order chi connectivity index (χ1) is 8.66. The SMILES string of the molecule is CN(CC(O)C1CC1)C(=O)CCC1CCCCC1. The van der Waals surface area contributed by atoms with E-state index < -0.39 is 0 Å². The first kappa shape index (κ1) is 13.9. The van der Waals surface area contributed by atoms with Gasteiger partial charge in [0.25, 0.3) is 0 Å². The number of aliphatic hydroxyl groups is 1. The van der Waals surface area contributed by atoms with Crippen molar-refractivity contribution < 1.29 is 9.90 Å². The number of nitrogens with zero attached hydrogens (tertiary/aromatic N) is 1. The van der Waals surface area contributed by atoms with Crippen molar-refractivity contribution in [2.75, 3.05) is 13.6 Å². The van der Waals surface area contributed by atoms with Crippen LogP contribution in [0.5, 0.6) is 0 Å². The molecule has 0 aromatic carbocycles. The highest BCUT2D eigenvalue weighted by molar-refractivity contribution is 5.75. The molecule has 1 N–H and O–H groups in total. The van der Waals surface area contributed by atoms with Gasteiger partial charge < -0.3 is 10.0 Å². The quantitative estimate of drug-likeness (QED) is 0.790. The van der Waals surface area contributed by atoms with Gasteiger partial charge in [-0.05, 0) is 31.1 Å². The molecular weight excluding hydrogens is 226 g/mol. The summed E-state index contributed by atoms with van der Waals surface area (Å²) in [5.41, 5.74) is 0. The van der Waals surface area contributed by atoms with Crippen LogP contribution in [0, 0.1) is 11.8 Å². The highest BCUT2D eigenvalue weighted by Crippen LogP contribution is 2.33. The molecule has 2 rings (SSSR count). The summed E-state index contributed by atoms with van der Waals surface area (Å²) in [5.74, 6) is 1.43. The third kappa shape index (κ3) is 4.27. The number of hydrogen-bond donors (Lipinski definition) is 1. The lowest BCUT2D eigenvalue weighted by Crippen LogP contribution is -2.35. The number of rotatable bonds is 6. The summed E-state index contributed by atoms with van der Waals surface area (Å²) in [6, 6.07) is 0. The molecule has 0 saturated heterocycles. The van der Waals surface area contributed by atoms with Gasteiger partial charge in [-0.2, -0.15) is 0 Å². The van der Waals surface area contributed by atoms with Crippen molar-refractivity contribution >= 4 is 5.91 Å². The van der Waals surface area contributed by atoms with Crippen LogP contribution in [0.4, 0.5) is 0 Å². The minimum absolute atomic E-state index is 0.209. The van der Waals surface area contributed by atoms with Crippen molar-refractivity contribution in [3.63, 3.8) is 0 Å². The molecule has 18 heavy (non-hydrogen) atoms. The fourth-order valence-electron chi connectivity index (χ4n) is 3.01. The molecular formula is C15H27NO2. The van der Waals surface area contributed by atoms with Crippen LogP contribution >= 0.6 is 0 Å². The van der Waals surface area contributed by atoms with Gasteiger partial charge >= 0.3 is 0 Å². The first-order valence-electron chi connectivity index (χ1n) is 7.59. The summed E-state index contributed by atoms with van der Waals surface area (Å²) in [5, 5.41) is 9.83. The standard InChI is InChI=1S/C15H27NO2/c1-16(11-14(17)13-8-9-13)15(18)10-7-12-5-3-2-4-6-12/h12-14,17H,2-11H2,1H3. The van der Waals surface area contributed by atoms with Crippen LogP contribution < -0.4 is 0 Å². The van der Waals surface area contributed by atoms with E-state index in [0.717, 1.165) is 25.2 Å². The minimum Gasteiger partial charge on any atom is -0.391 e. The number of aliphatic hydroxyl groups excluding tert-OH is 1. The molecule has 2 aliphatic carbocycles. The highest BCUT2D eigenvalue weighted by Gasteiger charge is 2.31. The zero-order valence-electron chi connectivity index (χ0n) is 11.6. The Bertz CT molecular complexity index is 270. The van der Waals surface area contributed by atoms with E-state index >= 15 is 0 Å². The maximum atomic E-state index is 12.0. The van der Waals surface area contributed by atoms with Gasteiger partial charge in [-0.25, -0.2) is 0 Å². The molecule has 0 heterocycles. The Kier molecular flexibility index (Phi) is 5.04. The molecule has 1 amide bonds. The smallest absolute Gasteiger partial charge is 0.222 e. The van der Waals surface area contributed by atoms with Gasteiger partial charge in [0.05, 0.1) is 6.10 Å². The van der Waals surface area contributed by atoms with Crippen molar-refractivity contribution in [1.82, 2.24) is 4.90 Å². The second-order valence-corrected chi connectivity index (χ2v) is 6.22. The van der Waals surface area contributed by atoms with Gasteiger partial charge in [0.1, 0.15) is 0 Å². The molecule has 2 saturated carbocycles. The fourth-order valence-corrected chi connectivity index (χ4v) is 3.01. The van der Waals surface area contributed by atoms with Crippen LogP contribution in [-0.4, -0.2) is 35.6 Å². The molecule has 3 heteroatoms. The molecule has 1 atom stereocenters. The Balaban J connectivity index is 1.63. The van der Waals surface area contributed by atoms with Gasteiger partial charge in [-0.1, -0.05) is 32.1 Å². The maximum Gasteiger partial charge on any atom is 0.222 e. The Morgan fingerprint density at radius 1 is 1.22 bits per heavy atom. The zero-order valence-corrected chi connectivity index (χ0v) is 11.6. The van der Waals surface area contributed by atoms with Crippen LogP contribution in [0.2, 0.25) is 0 Å². The van der Waals surface area contributed by atoms with Crippen LogP contribution in [0.25, 0.3) is 0 Å². The third-order valence-electron chi connectivity index (χ3n) is 4.54. The summed E-state index contributed by atoms with van der Waals surface area (Å²) in [6.45, 7) is 0.522. The minimum atomic E-state index is -0.298. The molecule has 3 nitrogen and oxygen atoms in total. The van der Waals surface area contributed by atoms with Crippen molar-refractivity contribution in [3.05, 3.63) is 0 Å². The fraction of sp³-hybridized carbons (Fsp3) is 0.933. The molecule has 0 spiro atoms. The highest BCUT2D eigenvalue weighted by atomic mass is 16.3. The maximum absolute atomic E-state index is 12.0. The largest absolute Gasteiger partial charge is 0.391 e. The monoisotopic (exact) mass is 253 g/mol. The molecule has 2 fully saturated rings. The second-order valence-electron chi connectivity index (χ2n) is 6.22. The van der Waals surface area contributed by atoms with E-state index in [9.17, 15) is 9.90 Å². The molecule has 104 valence electrons. The zero-order chi connectivity index (χ0) is 13.0. The van der Waals surface area contributed by atoms with Gasteiger partial charge in [0.15, 0.2) is 0 Å². The van der Waals surface area contributed by atoms with Crippen molar-refractivity contribution in [2.24, 2.45) is 11.8 Å². The normalized spacial score (nSPS) is 22.8. The van der Waals surface area contributed by atoms with Gasteiger partial charge in [0.2, 0.25) is 5.91 Å². The van der Waals surface area contributed by atoms with Gasteiger partial charge in [-0.15, -0.1) is 0 Å². The summed E-state index contributed by atoms with van der Waals surface area (Å²) >= 11 is 0. The number of carbonyl (C=O) groups excluding carboxylic acids is 1. The second kappa shape index (κ2) is 6.55. The van der Waals surface area contributed by atoms with Crippen LogP contribution in [0.1, 0.15) is 57.8 Å². The number of hydrogen-bond acceptors (Lipinski definition) is 2. The third-order valence-corrected chi connectivity index (χ3v) is 4.54. The van der Waals surface area contributed by atoms with E-state index in [2.05, 4.69) is 0 Å².